The van der Waals surface area contributed by atoms with Crippen LogP contribution in [0.1, 0.15) is 15.9 Å². The number of fused-ring (bicyclic) bond motifs is 1. The van der Waals surface area contributed by atoms with Crippen molar-refractivity contribution in [3.05, 3.63) is 71.4 Å². The maximum absolute atomic E-state index is 13.7. The van der Waals surface area contributed by atoms with Crippen LogP contribution in [0.25, 0.3) is 11.0 Å². The zero-order valence-electron chi connectivity index (χ0n) is 15.2. The highest BCUT2D eigenvalue weighted by Crippen LogP contribution is 2.32. The van der Waals surface area contributed by atoms with E-state index < -0.39 is 34.8 Å². The molecule has 0 atom stereocenters. The molecule has 2 aromatic heterocycles. The third-order valence-electron chi connectivity index (χ3n) is 4.10. The number of H-pyrrole nitrogens is 1. The van der Waals surface area contributed by atoms with Gasteiger partial charge >= 0.3 is 12.2 Å². The normalized spacial score (nSPS) is 11.5. The lowest BCUT2D eigenvalue weighted by Crippen LogP contribution is -2.18. The third-order valence-corrected chi connectivity index (χ3v) is 4.10. The van der Waals surface area contributed by atoms with Crippen LogP contribution < -0.4 is 10.1 Å². The van der Waals surface area contributed by atoms with Crippen LogP contribution in [0.5, 0.6) is 11.8 Å². The van der Waals surface area contributed by atoms with Gasteiger partial charge in [-0.3, -0.25) is 9.89 Å². The number of anilines is 1. The van der Waals surface area contributed by atoms with Gasteiger partial charge in [0.25, 0.3) is 5.91 Å². The molecule has 0 fully saturated rings. The molecule has 2 N–H and O–H groups in total. The maximum atomic E-state index is 13.7. The summed E-state index contributed by atoms with van der Waals surface area (Å²) >= 11 is 0. The van der Waals surface area contributed by atoms with Gasteiger partial charge in [0.2, 0.25) is 0 Å². The van der Waals surface area contributed by atoms with E-state index in [4.69, 9.17) is 4.74 Å². The highest BCUT2D eigenvalue weighted by Gasteiger charge is 2.35. The van der Waals surface area contributed by atoms with E-state index in [9.17, 15) is 26.7 Å². The van der Waals surface area contributed by atoms with Gasteiger partial charge in [-0.1, -0.05) is 12.1 Å². The highest BCUT2D eigenvalue weighted by molar-refractivity contribution is 6.08. The number of amides is 1. The van der Waals surface area contributed by atoms with Crippen molar-refractivity contribution in [2.24, 2.45) is 0 Å². The quantitative estimate of drug-likeness (QED) is 0.454. The summed E-state index contributed by atoms with van der Waals surface area (Å²) in [5.74, 6) is -3.15. The number of carbonyl (C=O) groups excluding carboxylic acids is 1. The molecule has 12 heteroatoms. The molecular weight excluding hydrogens is 425 g/mol. The van der Waals surface area contributed by atoms with Gasteiger partial charge in [-0.15, -0.1) is 0 Å². The lowest BCUT2D eigenvalue weighted by atomic mass is 10.1. The Morgan fingerprint density at radius 2 is 1.87 bits per heavy atom. The Kier molecular flexibility index (Phi) is 4.97. The van der Waals surface area contributed by atoms with Gasteiger partial charge in [0.05, 0.1) is 16.5 Å². The summed E-state index contributed by atoms with van der Waals surface area (Å²) in [7, 11) is 0. The Hall–Kier alpha value is -4.09. The van der Waals surface area contributed by atoms with Gasteiger partial charge in [0.1, 0.15) is 11.6 Å². The van der Waals surface area contributed by atoms with Crippen molar-refractivity contribution < 1.29 is 31.5 Å². The Morgan fingerprint density at radius 3 is 2.61 bits per heavy atom. The van der Waals surface area contributed by atoms with Crippen molar-refractivity contribution in [1.29, 1.82) is 0 Å². The van der Waals surface area contributed by atoms with Crippen LogP contribution in [0, 0.1) is 11.6 Å². The van der Waals surface area contributed by atoms with E-state index in [1.54, 1.807) is 0 Å². The van der Waals surface area contributed by atoms with Crippen molar-refractivity contribution in [3.8, 4) is 11.8 Å². The molecule has 2 heterocycles. The smallest absolute Gasteiger partial charge is 0.417 e. The van der Waals surface area contributed by atoms with Crippen LogP contribution in [-0.4, -0.2) is 26.1 Å². The van der Waals surface area contributed by atoms with E-state index in [1.165, 1.54) is 18.3 Å². The molecule has 4 rings (SSSR count). The summed E-state index contributed by atoms with van der Waals surface area (Å²) in [6.45, 7) is 0. The number of aromatic amines is 1. The first-order valence-electron chi connectivity index (χ1n) is 8.54. The minimum absolute atomic E-state index is 0.00748. The summed E-state index contributed by atoms with van der Waals surface area (Å²) in [5.41, 5.74) is -1.68. The van der Waals surface area contributed by atoms with E-state index in [0.717, 1.165) is 24.3 Å². The average molecular weight is 435 g/mol. The van der Waals surface area contributed by atoms with Crippen molar-refractivity contribution in [2.75, 3.05) is 5.32 Å². The van der Waals surface area contributed by atoms with E-state index in [-0.39, 0.29) is 28.6 Å². The van der Waals surface area contributed by atoms with Crippen molar-refractivity contribution >= 4 is 22.8 Å². The third kappa shape index (κ3) is 4.13. The van der Waals surface area contributed by atoms with Crippen molar-refractivity contribution in [1.82, 2.24) is 20.2 Å². The number of hydrogen-bond donors (Lipinski definition) is 2. The number of halogens is 5. The molecule has 0 radical (unpaired) electrons. The molecule has 0 unspecified atom stereocenters. The Bertz CT molecular complexity index is 1290. The number of benzene rings is 2. The molecule has 0 aliphatic rings. The van der Waals surface area contributed by atoms with Gasteiger partial charge in [-0.25, -0.2) is 13.8 Å². The molecule has 158 valence electrons. The largest absolute Gasteiger partial charge is 0.421 e. The molecular formula is C19H10F5N5O2. The summed E-state index contributed by atoms with van der Waals surface area (Å²) in [6, 6.07) is 6.64. The molecule has 7 nitrogen and oxygen atoms in total. The Labute approximate surface area is 169 Å². The molecule has 0 saturated heterocycles. The molecule has 0 aliphatic carbocycles. The summed E-state index contributed by atoms with van der Waals surface area (Å²) in [5, 5.41) is 8.74. The predicted octanol–water partition coefficient (Wildman–Crippen LogP) is 4.69. The first-order chi connectivity index (χ1) is 14.7. The second-order valence-corrected chi connectivity index (χ2v) is 6.16. The monoisotopic (exact) mass is 435 g/mol. The second kappa shape index (κ2) is 7.63. The number of nitrogens with one attached hydrogen (secondary N) is 2. The molecule has 0 aliphatic heterocycles. The fraction of sp³-hybridized carbons (Fsp3) is 0.0526. The fourth-order valence-electron chi connectivity index (χ4n) is 2.70. The van der Waals surface area contributed by atoms with Crippen LogP contribution in [0.4, 0.5) is 27.8 Å². The lowest BCUT2D eigenvalue weighted by molar-refractivity contribution is -0.137. The van der Waals surface area contributed by atoms with Crippen LogP contribution in [0.2, 0.25) is 0 Å². The lowest BCUT2D eigenvalue weighted by Gasteiger charge is -2.12. The van der Waals surface area contributed by atoms with Crippen LogP contribution >= 0.6 is 0 Å². The average Bonchev–Trinajstić information content (AvgIpc) is 3.11. The maximum Gasteiger partial charge on any atom is 0.417 e. The number of aromatic nitrogens is 4. The number of alkyl halides is 3. The number of hydrogen-bond acceptors (Lipinski definition) is 5. The summed E-state index contributed by atoms with van der Waals surface area (Å²) in [4.78, 5) is 20.2. The van der Waals surface area contributed by atoms with Gasteiger partial charge in [-0.05, 0) is 24.3 Å². The summed E-state index contributed by atoms with van der Waals surface area (Å²) in [6.07, 6.45) is -3.54. The minimum Gasteiger partial charge on any atom is -0.421 e. The molecule has 2 aromatic carbocycles. The van der Waals surface area contributed by atoms with E-state index >= 15 is 0 Å². The number of nitrogens with zero attached hydrogens (tertiary/aromatic N) is 3. The molecule has 1 amide bonds. The van der Waals surface area contributed by atoms with Gasteiger partial charge in [0, 0.05) is 12.3 Å². The predicted molar refractivity (Wildman–Crippen MR) is 97.5 cm³/mol. The first kappa shape index (κ1) is 20.2. The molecule has 0 bridgehead atoms. The number of ether oxygens (including phenoxy) is 1. The van der Waals surface area contributed by atoms with Crippen molar-refractivity contribution in [3.63, 3.8) is 0 Å². The van der Waals surface area contributed by atoms with E-state index in [1.807, 2.05) is 0 Å². The van der Waals surface area contributed by atoms with E-state index in [2.05, 4.69) is 25.5 Å². The highest BCUT2D eigenvalue weighted by atomic mass is 19.4. The molecule has 0 saturated carbocycles. The minimum atomic E-state index is -4.71. The zero-order chi connectivity index (χ0) is 22.2. The molecule has 4 aromatic rings. The molecule has 31 heavy (non-hydrogen) atoms. The Balaban J connectivity index is 1.59. The van der Waals surface area contributed by atoms with Crippen LogP contribution in [-0.2, 0) is 6.18 Å². The topological polar surface area (TPSA) is 92.8 Å². The van der Waals surface area contributed by atoms with E-state index in [0.29, 0.717) is 6.07 Å². The number of rotatable bonds is 4. The van der Waals surface area contributed by atoms with Crippen molar-refractivity contribution in [2.45, 2.75) is 6.18 Å². The standard InChI is InChI=1S/C19H10F5N5O2/c20-9-5-6-14(13(21)7-9)31-18-25-8-11-15(28-29-16(11)27-18)26-17(30)10-3-1-2-4-12(10)19(22,23)24/h1-8H,(H2,25,26,27,28,29,30). The van der Waals surface area contributed by atoms with Crippen LogP contribution in [0.3, 0.4) is 0 Å². The van der Waals surface area contributed by atoms with Gasteiger partial charge in [-0.2, -0.15) is 23.3 Å². The van der Waals surface area contributed by atoms with Crippen LogP contribution in [0.15, 0.2) is 48.7 Å². The van der Waals surface area contributed by atoms with Gasteiger partial charge < -0.3 is 10.1 Å². The first-order valence-corrected chi connectivity index (χ1v) is 8.54. The van der Waals surface area contributed by atoms with Gasteiger partial charge in [0.15, 0.2) is 17.2 Å². The SMILES string of the molecule is O=C(Nc1[nH]nc2nc(Oc3ccc(F)cc3F)ncc12)c1ccccc1C(F)(F)F. The molecule has 0 spiro atoms. The number of carbonyl (C=O) groups is 1. The second-order valence-electron chi connectivity index (χ2n) is 6.16. The fourth-order valence-corrected chi connectivity index (χ4v) is 2.70. The summed E-state index contributed by atoms with van der Waals surface area (Å²) < 4.78 is 71.2. The Morgan fingerprint density at radius 1 is 1.10 bits per heavy atom. The zero-order valence-corrected chi connectivity index (χ0v) is 15.2.